The molecule has 144 valence electrons. The summed E-state index contributed by atoms with van der Waals surface area (Å²) in [6.45, 7) is 0.608. The molecular formula is C19H26N6O2. The van der Waals surface area contributed by atoms with Gasteiger partial charge >= 0.3 is 5.97 Å². The van der Waals surface area contributed by atoms with Crippen molar-refractivity contribution in [1.82, 2.24) is 25.5 Å². The smallest absolute Gasteiger partial charge is 0.308 e. The van der Waals surface area contributed by atoms with Gasteiger partial charge in [-0.05, 0) is 44.6 Å². The van der Waals surface area contributed by atoms with Crippen LogP contribution >= 0.6 is 0 Å². The number of carbonyl (C=O) groups is 1. The average molecular weight is 370 g/mol. The maximum atomic E-state index is 11.6. The highest BCUT2D eigenvalue weighted by molar-refractivity contribution is 5.72. The molecule has 3 N–H and O–H groups in total. The van der Waals surface area contributed by atoms with Gasteiger partial charge in [-0.25, -0.2) is 9.97 Å². The van der Waals surface area contributed by atoms with Gasteiger partial charge in [-0.15, -0.1) is 0 Å². The maximum absolute atomic E-state index is 11.6. The van der Waals surface area contributed by atoms with E-state index < -0.39 is 0 Å². The first-order valence-electron chi connectivity index (χ1n) is 9.66. The number of H-pyrrole nitrogens is 1. The van der Waals surface area contributed by atoms with E-state index >= 15 is 0 Å². The molecule has 0 radical (unpaired) electrons. The molecule has 2 aromatic rings. The van der Waals surface area contributed by atoms with Crippen LogP contribution in [0.25, 0.3) is 0 Å². The van der Waals surface area contributed by atoms with Gasteiger partial charge in [0.2, 0.25) is 0 Å². The van der Waals surface area contributed by atoms with Crippen molar-refractivity contribution in [2.75, 3.05) is 12.4 Å². The minimum absolute atomic E-state index is 0.0474. The molecule has 4 rings (SSSR count). The van der Waals surface area contributed by atoms with Crippen LogP contribution < -0.4 is 10.6 Å². The van der Waals surface area contributed by atoms with Crippen molar-refractivity contribution in [1.29, 1.82) is 0 Å². The molecule has 0 atom stereocenters. The monoisotopic (exact) mass is 370 g/mol. The molecular weight excluding hydrogens is 344 g/mol. The molecule has 2 fully saturated rings. The van der Waals surface area contributed by atoms with Crippen molar-refractivity contribution in [2.24, 2.45) is 5.92 Å². The summed E-state index contributed by atoms with van der Waals surface area (Å²) in [6.07, 6.45) is 7.92. The number of aromatic nitrogens is 4. The third-order valence-corrected chi connectivity index (χ3v) is 5.39. The van der Waals surface area contributed by atoms with Gasteiger partial charge in [0.05, 0.1) is 19.6 Å². The molecule has 0 spiro atoms. The Bertz CT molecular complexity index is 780. The van der Waals surface area contributed by atoms with E-state index in [-0.39, 0.29) is 11.9 Å². The molecule has 0 aliphatic heterocycles. The van der Waals surface area contributed by atoms with Crippen LogP contribution in [0.3, 0.4) is 0 Å². The highest BCUT2D eigenvalue weighted by Gasteiger charge is 2.27. The van der Waals surface area contributed by atoms with Gasteiger partial charge in [-0.3, -0.25) is 9.89 Å². The van der Waals surface area contributed by atoms with Gasteiger partial charge in [-0.2, -0.15) is 5.10 Å². The Labute approximate surface area is 158 Å². The lowest BCUT2D eigenvalue weighted by Gasteiger charge is -2.27. The topological polar surface area (TPSA) is 105 Å². The number of ether oxygens (including phenoxy) is 1. The Morgan fingerprint density at radius 1 is 1.22 bits per heavy atom. The minimum atomic E-state index is -0.0845. The lowest BCUT2D eigenvalue weighted by atomic mass is 9.86. The molecule has 27 heavy (non-hydrogen) atoms. The van der Waals surface area contributed by atoms with E-state index in [4.69, 9.17) is 4.74 Å². The summed E-state index contributed by atoms with van der Waals surface area (Å²) in [5.74, 6) is 2.88. The molecule has 2 heterocycles. The summed E-state index contributed by atoms with van der Waals surface area (Å²) in [4.78, 5) is 20.5. The summed E-state index contributed by atoms with van der Waals surface area (Å²) in [5, 5.41) is 14.1. The Morgan fingerprint density at radius 3 is 2.78 bits per heavy atom. The summed E-state index contributed by atoms with van der Waals surface area (Å²) in [6, 6.07) is 4.28. The van der Waals surface area contributed by atoms with E-state index in [2.05, 4.69) is 36.9 Å². The van der Waals surface area contributed by atoms with Gasteiger partial charge in [-0.1, -0.05) is 0 Å². The van der Waals surface area contributed by atoms with Crippen LogP contribution in [-0.2, 0) is 16.1 Å². The summed E-state index contributed by atoms with van der Waals surface area (Å²) in [5.41, 5.74) is 1.19. The van der Waals surface area contributed by atoms with E-state index in [1.165, 1.54) is 25.6 Å². The Kier molecular flexibility index (Phi) is 5.33. The zero-order valence-electron chi connectivity index (χ0n) is 15.6. The number of esters is 1. The fourth-order valence-electron chi connectivity index (χ4n) is 3.62. The summed E-state index contributed by atoms with van der Waals surface area (Å²) >= 11 is 0. The fourth-order valence-corrected chi connectivity index (χ4v) is 3.62. The second-order valence-electron chi connectivity index (χ2n) is 7.42. The first kappa shape index (κ1) is 17.9. The number of rotatable bonds is 7. The molecule has 0 unspecified atom stereocenters. The van der Waals surface area contributed by atoms with Crippen LogP contribution in [0.4, 0.5) is 11.6 Å². The SMILES string of the molecule is COC(=O)C1CCC(NCc2nccc(Nc3cc(C4CC4)[nH]n3)n2)CC1. The lowest BCUT2D eigenvalue weighted by Crippen LogP contribution is -2.35. The molecule has 8 heteroatoms. The molecule has 2 saturated carbocycles. The quantitative estimate of drug-likeness (QED) is 0.644. The van der Waals surface area contributed by atoms with Crippen molar-refractivity contribution in [3.63, 3.8) is 0 Å². The zero-order valence-corrected chi connectivity index (χ0v) is 15.6. The molecule has 0 saturated heterocycles. The molecule has 0 amide bonds. The molecule has 2 aromatic heterocycles. The first-order valence-corrected chi connectivity index (χ1v) is 9.66. The Morgan fingerprint density at radius 2 is 2.04 bits per heavy atom. The van der Waals surface area contributed by atoms with Crippen LogP contribution in [0, 0.1) is 5.92 Å². The first-order chi connectivity index (χ1) is 13.2. The second kappa shape index (κ2) is 8.04. The van der Waals surface area contributed by atoms with Crippen LogP contribution in [0.5, 0.6) is 0 Å². The number of hydrogen-bond acceptors (Lipinski definition) is 7. The standard InChI is InChI=1S/C19H26N6O2/c1-27-19(26)13-4-6-14(7-5-13)21-11-18-20-9-8-16(23-18)22-17-10-15(24-25-17)12-2-3-12/h8-10,12-14,21H,2-7,11H2,1H3,(H2,20,22,23,24,25). The zero-order chi connectivity index (χ0) is 18.6. The number of methoxy groups -OCH3 is 1. The molecule has 0 bridgehead atoms. The van der Waals surface area contributed by atoms with E-state index in [0.717, 1.165) is 43.1 Å². The van der Waals surface area contributed by atoms with Gasteiger partial charge in [0, 0.05) is 29.9 Å². The Hall–Kier alpha value is -2.48. The van der Waals surface area contributed by atoms with Crippen molar-refractivity contribution < 1.29 is 9.53 Å². The van der Waals surface area contributed by atoms with Gasteiger partial charge < -0.3 is 15.4 Å². The highest BCUT2D eigenvalue weighted by atomic mass is 16.5. The molecule has 2 aliphatic carbocycles. The molecule has 0 aromatic carbocycles. The number of nitrogens with zero attached hydrogens (tertiary/aromatic N) is 3. The minimum Gasteiger partial charge on any atom is -0.469 e. The third kappa shape index (κ3) is 4.63. The predicted octanol–water partition coefficient (Wildman–Crippen LogP) is 2.64. The van der Waals surface area contributed by atoms with Crippen LogP contribution in [0.15, 0.2) is 18.3 Å². The molecule has 8 nitrogen and oxygen atoms in total. The van der Waals surface area contributed by atoms with E-state index in [0.29, 0.717) is 18.5 Å². The van der Waals surface area contributed by atoms with Crippen LogP contribution in [0.1, 0.15) is 56.0 Å². The van der Waals surface area contributed by atoms with E-state index in [9.17, 15) is 4.79 Å². The van der Waals surface area contributed by atoms with Gasteiger partial charge in [0.15, 0.2) is 5.82 Å². The largest absolute Gasteiger partial charge is 0.469 e. The third-order valence-electron chi connectivity index (χ3n) is 5.39. The van der Waals surface area contributed by atoms with E-state index in [1.54, 1.807) is 6.20 Å². The second-order valence-corrected chi connectivity index (χ2v) is 7.42. The number of aromatic amines is 1. The van der Waals surface area contributed by atoms with E-state index in [1.807, 2.05) is 6.07 Å². The number of carbonyl (C=O) groups excluding carboxylic acids is 1. The Balaban J connectivity index is 1.27. The summed E-state index contributed by atoms with van der Waals surface area (Å²) in [7, 11) is 1.46. The molecule has 2 aliphatic rings. The number of nitrogens with one attached hydrogen (secondary N) is 3. The normalized spacial score (nSPS) is 22.4. The van der Waals surface area contributed by atoms with Crippen molar-refractivity contribution >= 4 is 17.6 Å². The lowest BCUT2D eigenvalue weighted by molar-refractivity contribution is -0.146. The average Bonchev–Trinajstić information content (AvgIpc) is 3.46. The number of hydrogen-bond donors (Lipinski definition) is 3. The van der Waals surface area contributed by atoms with Crippen molar-refractivity contribution in [3.05, 3.63) is 29.8 Å². The van der Waals surface area contributed by atoms with Crippen molar-refractivity contribution in [2.45, 2.75) is 57.0 Å². The highest BCUT2D eigenvalue weighted by Crippen LogP contribution is 2.39. The van der Waals surface area contributed by atoms with Crippen LogP contribution in [-0.4, -0.2) is 39.3 Å². The maximum Gasteiger partial charge on any atom is 0.308 e. The summed E-state index contributed by atoms with van der Waals surface area (Å²) < 4.78 is 4.84. The van der Waals surface area contributed by atoms with Gasteiger partial charge in [0.1, 0.15) is 11.6 Å². The number of anilines is 2. The van der Waals surface area contributed by atoms with Gasteiger partial charge in [0.25, 0.3) is 0 Å². The predicted molar refractivity (Wildman–Crippen MR) is 100 cm³/mol. The van der Waals surface area contributed by atoms with Crippen molar-refractivity contribution in [3.8, 4) is 0 Å². The fraction of sp³-hybridized carbons (Fsp3) is 0.579. The van der Waals surface area contributed by atoms with Crippen LogP contribution in [0.2, 0.25) is 0 Å².